The standard InChI is InChI=1S/C9H5F6O/c10-8(11,12)5-16-7-3-1-2-6(4-7)9(13,14)15/h2-4H,5H2. The van der Waals surface area contributed by atoms with Crippen molar-refractivity contribution < 1.29 is 31.1 Å². The zero-order valence-corrected chi connectivity index (χ0v) is 7.62. The number of alkyl halides is 6. The van der Waals surface area contributed by atoms with E-state index in [1.54, 1.807) is 0 Å². The molecule has 0 aliphatic heterocycles. The first-order chi connectivity index (χ1) is 7.18. The van der Waals surface area contributed by atoms with Gasteiger partial charge in [0.05, 0.1) is 5.56 Å². The number of hydrogen-bond donors (Lipinski definition) is 0. The highest BCUT2D eigenvalue weighted by atomic mass is 19.4. The van der Waals surface area contributed by atoms with E-state index in [0.717, 1.165) is 6.07 Å². The van der Waals surface area contributed by atoms with Crippen LogP contribution >= 0.6 is 0 Å². The highest BCUT2D eigenvalue weighted by Gasteiger charge is 2.32. The third kappa shape index (κ3) is 4.00. The second kappa shape index (κ2) is 4.23. The van der Waals surface area contributed by atoms with Crippen LogP contribution in [0.4, 0.5) is 26.3 Å². The van der Waals surface area contributed by atoms with Gasteiger partial charge in [-0.15, -0.1) is 0 Å². The van der Waals surface area contributed by atoms with E-state index >= 15 is 0 Å². The van der Waals surface area contributed by atoms with Crippen LogP contribution in [0.5, 0.6) is 5.75 Å². The first-order valence-corrected chi connectivity index (χ1v) is 3.96. The fourth-order valence-electron chi connectivity index (χ4n) is 0.862. The number of halogens is 6. The molecule has 89 valence electrons. The zero-order valence-electron chi connectivity index (χ0n) is 7.62. The van der Waals surface area contributed by atoms with Crippen molar-refractivity contribution in [1.82, 2.24) is 0 Å². The average molecular weight is 243 g/mol. The fourth-order valence-corrected chi connectivity index (χ4v) is 0.862. The number of ether oxygens (including phenoxy) is 1. The lowest BCUT2D eigenvalue weighted by Crippen LogP contribution is -2.19. The van der Waals surface area contributed by atoms with Crippen LogP contribution in [0.1, 0.15) is 5.56 Å². The van der Waals surface area contributed by atoms with E-state index in [-0.39, 0.29) is 0 Å². The Bertz CT molecular complexity index is 354. The van der Waals surface area contributed by atoms with Crippen LogP contribution in [0.15, 0.2) is 18.2 Å². The van der Waals surface area contributed by atoms with Gasteiger partial charge in [0.15, 0.2) is 6.61 Å². The lowest BCUT2D eigenvalue weighted by Gasteiger charge is -2.11. The van der Waals surface area contributed by atoms with E-state index in [2.05, 4.69) is 10.8 Å². The minimum Gasteiger partial charge on any atom is -0.484 e. The van der Waals surface area contributed by atoms with Gasteiger partial charge in [-0.2, -0.15) is 26.3 Å². The van der Waals surface area contributed by atoms with Gasteiger partial charge in [0.1, 0.15) is 5.75 Å². The minimum atomic E-state index is -4.63. The van der Waals surface area contributed by atoms with Crippen molar-refractivity contribution in [3.05, 3.63) is 29.8 Å². The quantitative estimate of drug-likeness (QED) is 0.723. The topological polar surface area (TPSA) is 9.23 Å². The molecule has 0 fully saturated rings. The maximum absolute atomic E-state index is 12.1. The second-order valence-corrected chi connectivity index (χ2v) is 2.86. The summed E-state index contributed by atoms with van der Waals surface area (Å²) >= 11 is 0. The second-order valence-electron chi connectivity index (χ2n) is 2.86. The van der Waals surface area contributed by atoms with E-state index < -0.39 is 30.3 Å². The summed E-state index contributed by atoms with van der Waals surface area (Å²) in [6.07, 6.45) is -9.22. The van der Waals surface area contributed by atoms with Crippen molar-refractivity contribution in [3.8, 4) is 5.75 Å². The molecule has 0 aromatic heterocycles. The Morgan fingerprint density at radius 2 is 1.69 bits per heavy atom. The first-order valence-electron chi connectivity index (χ1n) is 3.96. The van der Waals surface area contributed by atoms with Crippen LogP contribution in [0.25, 0.3) is 0 Å². The van der Waals surface area contributed by atoms with Gasteiger partial charge in [0, 0.05) is 0 Å². The summed E-state index contributed by atoms with van der Waals surface area (Å²) < 4.78 is 75.7. The molecule has 0 N–H and O–H groups in total. The van der Waals surface area contributed by atoms with Gasteiger partial charge >= 0.3 is 12.4 Å². The van der Waals surface area contributed by atoms with Gasteiger partial charge in [0.25, 0.3) is 0 Å². The third-order valence-electron chi connectivity index (χ3n) is 1.49. The molecule has 1 rings (SSSR count). The highest BCUT2D eigenvalue weighted by Crippen LogP contribution is 2.31. The van der Waals surface area contributed by atoms with Crippen LogP contribution in [0.3, 0.4) is 0 Å². The Balaban J connectivity index is 2.76. The lowest BCUT2D eigenvalue weighted by atomic mass is 10.2. The molecule has 0 spiro atoms. The van der Waals surface area contributed by atoms with E-state index in [4.69, 9.17) is 0 Å². The molecule has 7 heteroatoms. The van der Waals surface area contributed by atoms with Crippen LogP contribution in [0, 0.1) is 6.07 Å². The zero-order chi connectivity index (χ0) is 12.4. The molecule has 0 saturated carbocycles. The van der Waals surface area contributed by atoms with E-state index in [9.17, 15) is 26.3 Å². The molecule has 1 aromatic rings. The molecule has 0 aliphatic carbocycles. The van der Waals surface area contributed by atoms with Gasteiger partial charge in [-0.25, -0.2) is 0 Å². The average Bonchev–Trinajstić information content (AvgIpc) is 2.13. The van der Waals surface area contributed by atoms with Crippen molar-refractivity contribution in [2.75, 3.05) is 6.61 Å². The maximum Gasteiger partial charge on any atom is 0.422 e. The Kier molecular flexibility index (Phi) is 3.35. The molecular formula is C9H5F6O. The molecule has 0 aliphatic rings. The molecule has 0 atom stereocenters. The van der Waals surface area contributed by atoms with Crippen LogP contribution in [-0.4, -0.2) is 12.8 Å². The number of benzene rings is 1. The Morgan fingerprint density at radius 3 is 2.19 bits per heavy atom. The molecule has 0 unspecified atom stereocenters. The monoisotopic (exact) mass is 243 g/mol. The lowest BCUT2D eigenvalue weighted by molar-refractivity contribution is -0.153. The largest absolute Gasteiger partial charge is 0.484 e. The molecule has 1 aromatic carbocycles. The van der Waals surface area contributed by atoms with E-state index in [0.29, 0.717) is 12.1 Å². The molecule has 0 heterocycles. The van der Waals surface area contributed by atoms with E-state index in [1.807, 2.05) is 0 Å². The van der Waals surface area contributed by atoms with Gasteiger partial charge in [0.2, 0.25) is 0 Å². The van der Waals surface area contributed by atoms with Crippen molar-refractivity contribution in [3.63, 3.8) is 0 Å². The third-order valence-corrected chi connectivity index (χ3v) is 1.49. The Morgan fingerprint density at radius 1 is 1.06 bits per heavy atom. The van der Waals surface area contributed by atoms with Crippen LogP contribution in [-0.2, 0) is 6.18 Å². The predicted octanol–water partition coefficient (Wildman–Crippen LogP) is 3.45. The molecule has 16 heavy (non-hydrogen) atoms. The highest BCUT2D eigenvalue weighted by molar-refractivity contribution is 5.29. The van der Waals surface area contributed by atoms with Gasteiger partial charge < -0.3 is 4.74 Å². The maximum atomic E-state index is 12.1. The van der Waals surface area contributed by atoms with Crippen LogP contribution < -0.4 is 4.74 Å². The number of rotatable bonds is 2. The Hall–Kier alpha value is -1.40. The molecule has 0 saturated heterocycles. The normalized spacial score (nSPS) is 12.6. The summed E-state index contributed by atoms with van der Waals surface area (Å²) in [5, 5.41) is 0. The van der Waals surface area contributed by atoms with Gasteiger partial charge in [-0.3, -0.25) is 0 Å². The summed E-state index contributed by atoms with van der Waals surface area (Å²) in [4.78, 5) is 0. The fraction of sp³-hybridized carbons (Fsp3) is 0.333. The summed E-state index contributed by atoms with van der Waals surface area (Å²) in [5.74, 6) is -0.521. The summed E-state index contributed by atoms with van der Waals surface area (Å²) in [6.45, 7) is -1.64. The number of hydrogen-bond acceptors (Lipinski definition) is 1. The molecule has 0 bridgehead atoms. The van der Waals surface area contributed by atoms with Crippen molar-refractivity contribution in [2.45, 2.75) is 12.4 Å². The summed E-state index contributed by atoms with van der Waals surface area (Å²) in [5.41, 5.74) is -1.10. The van der Waals surface area contributed by atoms with Gasteiger partial charge in [-0.05, 0) is 24.3 Å². The van der Waals surface area contributed by atoms with Crippen molar-refractivity contribution in [1.29, 1.82) is 0 Å². The summed E-state index contributed by atoms with van der Waals surface area (Å²) in [6, 6.07) is 4.08. The summed E-state index contributed by atoms with van der Waals surface area (Å²) in [7, 11) is 0. The van der Waals surface area contributed by atoms with Crippen LogP contribution in [0.2, 0.25) is 0 Å². The molecular weight excluding hydrogens is 238 g/mol. The molecule has 1 nitrogen and oxygen atoms in total. The SMILES string of the molecule is FC(F)(F)COc1c[c]cc(C(F)(F)F)c1. The molecule has 0 amide bonds. The van der Waals surface area contributed by atoms with Crippen molar-refractivity contribution in [2.24, 2.45) is 0 Å². The smallest absolute Gasteiger partial charge is 0.422 e. The van der Waals surface area contributed by atoms with Crippen molar-refractivity contribution >= 4 is 0 Å². The van der Waals surface area contributed by atoms with E-state index in [1.165, 1.54) is 0 Å². The minimum absolute atomic E-state index is 0.488. The molecule has 1 radical (unpaired) electrons. The Labute approximate surface area is 86.6 Å². The first kappa shape index (κ1) is 12.7. The predicted molar refractivity (Wildman–Crippen MR) is 41.8 cm³/mol. The van der Waals surface area contributed by atoms with Gasteiger partial charge in [-0.1, -0.05) is 0 Å².